The van der Waals surface area contributed by atoms with Crippen LogP contribution < -0.4 is 10.6 Å². The normalized spacial score (nSPS) is 11.2. The monoisotopic (exact) mass is 833 g/mol. The topological polar surface area (TPSA) is 137 Å². The van der Waals surface area contributed by atoms with E-state index in [9.17, 15) is 24.0 Å². The van der Waals surface area contributed by atoms with Gasteiger partial charge >= 0.3 is 18.0 Å². The fourth-order valence-electron chi connectivity index (χ4n) is 5.83. The van der Waals surface area contributed by atoms with Gasteiger partial charge in [0.25, 0.3) is 5.91 Å². The molecule has 1 aliphatic carbocycles. The predicted octanol–water partition coefficient (Wildman–Crippen LogP) is 9.48. The van der Waals surface area contributed by atoms with Gasteiger partial charge in [0.05, 0.1) is 0 Å². The Labute approximate surface area is 375 Å². The zero-order valence-electron chi connectivity index (χ0n) is 34.3. The first kappa shape index (κ1) is 46.8. The van der Waals surface area contributed by atoms with Gasteiger partial charge in [-0.2, -0.15) is 0 Å². The number of unbranched alkanes of at least 4 members (excludes halogenated alkanes) is 2. The lowest BCUT2D eigenvalue weighted by Gasteiger charge is -2.24. The average molecular weight is 833 g/mol. The van der Waals surface area contributed by atoms with E-state index in [0.29, 0.717) is 19.3 Å². The molecule has 0 unspecified atom stereocenters. The molecular weight excluding hydrogens is 757 g/mol. The van der Waals surface area contributed by atoms with Gasteiger partial charge in [0.15, 0.2) is 0 Å². The molecule has 60 heavy (non-hydrogen) atoms. The number of alkyl carbamates (subject to hydrolysis) is 1. The Hall–Kier alpha value is -7.55. The standard InChI is InChI=1S/C50H46N2O8.15H2/c1-6-8-9-10-11-12-13-14-15-16-17-18-22-33-46(54)51-45(48(56)60-50(3,4)5)35-34-38(53)27-20-19-21-32-44(47(55)58-36-7-2)52-49(57)59-37-43-41-30-25-23-28-39(41)40-29-24-26-31-42(40)43;;;;;;;;;;;;;;;/h7,23-26,28-31,43-45H,2,19-21,27,32,34-37H2,1,3-5H3,(H,51,54)(H,52,57);15*1H/t44-,45-;;;;;;;;;;;;;;;/m0.............../s1. The van der Waals surface area contributed by atoms with Crippen molar-refractivity contribution in [3.05, 3.63) is 72.3 Å². The SMILES string of the molecule is C=CCOC(=O)[C@H](CCCCCC(=O)CC[C@H](NC(=O)C#CC#CC#CC#CC#CC#CC#CC)C(=O)OC(C)(C)C)NC(=O)OCC1c2ccccc2-c2ccccc21.[HH].[HH].[HH].[HH].[HH].[HH].[HH].[HH].[HH].[HH].[HH].[HH].[HH].[HH].[HH]. The Bertz CT molecular complexity index is 2380. The first-order valence-corrected chi connectivity index (χ1v) is 19.3. The van der Waals surface area contributed by atoms with Crippen LogP contribution >= 0.6 is 0 Å². The zero-order chi connectivity index (χ0) is 43.6. The van der Waals surface area contributed by atoms with Crippen LogP contribution in [0.5, 0.6) is 0 Å². The van der Waals surface area contributed by atoms with Gasteiger partial charge in [0.2, 0.25) is 0 Å². The van der Waals surface area contributed by atoms with E-state index in [1.54, 1.807) is 27.7 Å². The molecule has 0 heterocycles. The summed E-state index contributed by atoms with van der Waals surface area (Å²) in [5.74, 6) is 32.2. The van der Waals surface area contributed by atoms with Crippen LogP contribution in [0.2, 0.25) is 0 Å². The van der Waals surface area contributed by atoms with Gasteiger partial charge in [-0.3, -0.25) is 9.59 Å². The van der Waals surface area contributed by atoms with Gasteiger partial charge in [-0.1, -0.05) is 79.9 Å². The van der Waals surface area contributed by atoms with Crippen LogP contribution in [0.15, 0.2) is 61.2 Å². The van der Waals surface area contributed by atoms with Crippen LogP contribution in [-0.2, 0) is 33.4 Å². The van der Waals surface area contributed by atoms with Crippen molar-refractivity contribution in [2.75, 3.05) is 13.2 Å². The molecule has 0 radical (unpaired) electrons. The highest BCUT2D eigenvalue weighted by molar-refractivity contribution is 5.97. The first-order chi connectivity index (χ1) is 28.9. The maximum Gasteiger partial charge on any atom is 0.407 e. The molecule has 10 nitrogen and oxygen atoms in total. The Morgan fingerprint density at radius 2 is 1.25 bits per heavy atom. The number of ether oxygens (including phenoxy) is 3. The van der Waals surface area contributed by atoms with Crippen molar-refractivity contribution in [1.29, 1.82) is 0 Å². The van der Waals surface area contributed by atoms with Crippen LogP contribution in [0, 0.1) is 82.9 Å². The van der Waals surface area contributed by atoms with Crippen molar-refractivity contribution < 1.29 is 59.6 Å². The third kappa shape index (κ3) is 17.3. The number of ketones is 1. The van der Waals surface area contributed by atoms with Crippen LogP contribution in [0.3, 0.4) is 0 Å². The fraction of sp³-hybridized carbons (Fsp3) is 0.340. The number of Topliss-reactive ketones (excluding diaryl/α,β-unsaturated/α-hetero) is 1. The van der Waals surface area contributed by atoms with E-state index in [4.69, 9.17) is 14.2 Å². The number of nitrogens with one attached hydrogen (secondary N) is 2. The molecule has 0 spiro atoms. The van der Waals surface area contributed by atoms with Crippen LogP contribution in [0.1, 0.15) is 111 Å². The number of esters is 2. The summed E-state index contributed by atoms with van der Waals surface area (Å²) in [5.41, 5.74) is 3.50. The molecule has 0 bridgehead atoms. The molecule has 0 aromatic heterocycles. The van der Waals surface area contributed by atoms with Crippen molar-refractivity contribution >= 4 is 29.7 Å². The number of rotatable bonds is 17. The number of hydrogen-bond donors (Lipinski definition) is 2. The Morgan fingerprint density at radius 3 is 1.82 bits per heavy atom. The Kier molecular flexibility index (Phi) is 20.0. The van der Waals surface area contributed by atoms with Gasteiger partial charge in [-0.15, -0.1) is 0 Å². The Balaban J connectivity index is -0.000000233. The molecule has 0 aliphatic heterocycles. The summed E-state index contributed by atoms with van der Waals surface area (Å²) in [4.78, 5) is 64.1. The average Bonchev–Trinajstić information content (AvgIpc) is 3.54. The minimum atomic E-state index is -1.12. The molecule has 0 saturated carbocycles. The van der Waals surface area contributed by atoms with E-state index < -0.39 is 41.6 Å². The zero-order valence-corrected chi connectivity index (χ0v) is 34.3. The van der Waals surface area contributed by atoms with Gasteiger partial charge in [0, 0.05) is 46.1 Å². The largest absolute Gasteiger partial charge is 0.460 e. The molecule has 1 aliphatic rings. The predicted molar refractivity (Wildman–Crippen MR) is 260 cm³/mol. The third-order valence-electron chi connectivity index (χ3n) is 8.41. The Morgan fingerprint density at radius 1 is 0.700 bits per heavy atom. The lowest BCUT2D eigenvalue weighted by atomic mass is 9.98. The maximum absolute atomic E-state index is 13.0. The van der Waals surface area contributed by atoms with Crippen molar-refractivity contribution in [1.82, 2.24) is 10.6 Å². The summed E-state index contributed by atoms with van der Waals surface area (Å²) in [5, 5.41) is 5.16. The van der Waals surface area contributed by atoms with Crippen LogP contribution in [0.25, 0.3) is 11.1 Å². The van der Waals surface area contributed by atoms with Crippen LogP contribution in [0.4, 0.5) is 4.79 Å². The second-order valence-corrected chi connectivity index (χ2v) is 14.1. The number of fused-ring (bicyclic) bond motifs is 3. The lowest BCUT2D eigenvalue weighted by molar-refractivity contribution is -0.158. The van der Waals surface area contributed by atoms with E-state index in [0.717, 1.165) is 22.3 Å². The van der Waals surface area contributed by atoms with E-state index in [1.165, 1.54) is 6.08 Å². The number of hydrogen-bond acceptors (Lipinski definition) is 8. The first-order valence-electron chi connectivity index (χ1n) is 19.3. The van der Waals surface area contributed by atoms with E-state index >= 15 is 0 Å². The number of benzene rings is 2. The van der Waals surface area contributed by atoms with Gasteiger partial charge in [0.1, 0.15) is 36.7 Å². The van der Waals surface area contributed by atoms with E-state index in [2.05, 4.69) is 100 Å². The van der Waals surface area contributed by atoms with Gasteiger partial charge < -0.3 is 24.8 Å². The smallest absolute Gasteiger partial charge is 0.407 e. The maximum atomic E-state index is 13.0. The minimum Gasteiger partial charge on any atom is -0.460 e. The second kappa shape index (κ2) is 25.7. The van der Waals surface area contributed by atoms with Crippen molar-refractivity contribution in [2.24, 2.45) is 0 Å². The highest BCUT2D eigenvalue weighted by Gasteiger charge is 2.30. The molecule has 3 rings (SSSR count). The second-order valence-electron chi connectivity index (χ2n) is 14.1. The highest BCUT2D eigenvalue weighted by Crippen LogP contribution is 2.44. The molecule has 10 heteroatoms. The molecular formula is C50H76N2O8. The fourth-order valence-corrected chi connectivity index (χ4v) is 5.83. The lowest BCUT2D eigenvalue weighted by Crippen LogP contribution is -2.44. The minimum absolute atomic E-state index is 0. The molecule has 2 N–H and O–H groups in total. The summed E-state index contributed by atoms with van der Waals surface area (Å²) in [6.07, 6.45) is 2.73. The molecule has 0 fully saturated rings. The summed E-state index contributed by atoms with van der Waals surface area (Å²) in [6, 6.07) is 13.9. The third-order valence-corrected chi connectivity index (χ3v) is 8.41. The van der Waals surface area contributed by atoms with Crippen molar-refractivity contribution in [3.8, 4) is 94.0 Å². The number of amides is 2. The molecule has 2 aromatic rings. The summed E-state index contributed by atoms with van der Waals surface area (Å²) in [7, 11) is 0. The molecule has 334 valence electrons. The number of carbonyl (C=O) groups is 5. The summed E-state index contributed by atoms with van der Waals surface area (Å²) < 4.78 is 16.3. The molecule has 2 aromatic carbocycles. The van der Waals surface area contributed by atoms with Crippen LogP contribution in [-0.4, -0.2) is 60.6 Å². The molecule has 2 amide bonds. The van der Waals surface area contributed by atoms with Crippen molar-refractivity contribution in [2.45, 2.75) is 96.2 Å². The van der Waals surface area contributed by atoms with E-state index in [-0.39, 0.29) is 72.0 Å². The van der Waals surface area contributed by atoms with Crippen molar-refractivity contribution in [3.63, 3.8) is 0 Å². The summed E-state index contributed by atoms with van der Waals surface area (Å²) >= 11 is 0. The van der Waals surface area contributed by atoms with Gasteiger partial charge in [-0.25, -0.2) is 14.4 Å². The number of carbonyl (C=O) groups excluding carboxylic acids is 5. The van der Waals surface area contributed by atoms with E-state index in [1.807, 2.05) is 48.5 Å². The summed E-state index contributed by atoms with van der Waals surface area (Å²) in [6.45, 7) is 10.4. The highest BCUT2D eigenvalue weighted by atomic mass is 16.6. The molecule has 2 atom stereocenters. The quantitative estimate of drug-likeness (QED) is 0.0529. The van der Waals surface area contributed by atoms with Gasteiger partial charge in [-0.05, 0) is 140 Å². The molecule has 0 saturated heterocycles.